The number of amides is 2. The summed E-state index contributed by atoms with van der Waals surface area (Å²) in [5.41, 5.74) is 4.51. The number of hydrogen-bond donors (Lipinski definition) is 3. The smallest absolute Gasteiger partial charge is 0.338 e. The zero-order chi connectivity index (χ0) is 25.2. The minimum Gasteiger partial charge on any atom is -0.481 e. The number of aliphatic carboxylic acids is 1. The molecule has 2 aliphatic heterocycles. The number of rotatable bonds is 8. The number of nitrogens with one attached hydrogen (secondary N) is 1. The summed E-state index contributed by atoms with van der Waals surface area (Å²) in [6.07, 6.45) is 0. The molecule has 3 atom stereocenters. The summed E-state index contributed by atoms with van der Waals surface area (Å²) in [4.78, 5) is 60.1. The van der Waals surface area contributed by atoms with Crippen LogP contribution in [0.25, 0.3) is 0 Å². The number of thioether (sulfide) groups is 1. The van der Waals surface area contributed by atoms with Gasteiger partial charge >= 0.3 is 11.9 Å². The number of carbonyl (C=O) groups is 4. The zero-order valence-corrected chi connectivity index (χ0v) is 20.0. The molecule has 184 valence electrons. The number of aromatic nitrogens is 1. The molecule has 1 aromatic carbocycles. The number of nitrogens with two attached hydrogens (primary N) is 1. The molecule has 3 heterocycles. The van der Waals surface area contributed by atoms with Crippen molar-refractivity contribution in [3.8, 4) is 0 Å². The molecule has 0 spiro atoms. The molecule has 4 N–H and O–H groups in total. The van der Waals surface area contributed by atoms with Gasteiger partial charge in [-0.2, -0.15) is 0 Å². The molecule has 2 amide bonds. The molecule has 4 rings (SSSR count). The van der Waals surface area contributed by atoms with E-state index in [1.807, 2.05) is 0 Å². The van der Waals surface area contributed by atoms with Gasteiger partial charge in [0.15, 0.2) is 10.8 Å². The Bertz CT molecular complexity index is 1190. The third-order valence-corrected chi connectivity index (χ3v) is 7.80. The van der Waals surface area contributed by atoms with E-state index in [2.05, 4.69) is 15.5 Å². The van der Waals surface area contributed by atoms with Crippen molar-refractivity contribution in [3.05, 3.63) is 47.0 Å². The molecule has 0 saturated carbocycles. The first-order valence-corrected chi connectivity index (χ1v) is 12.2. The molecule has 1 aromatic heterocycles. The second kappa shape index (κ2) is 9.92. The number of carbonyl (C=O) groups excluding carboxylic acids is 3. The molecule has 12 nitrogen and oxygen atoms in total. The number of β-lactam (4-membered cyclic amide) rings is 1. The zero-order valence-electron chi connectivity index (χ0n) is 18.4. The molecule has 2 aliphatic rings. The molecule has 2 unspecified atom stereocenters. The van der Waals surface area contributed by atoms with Gasteiger partial charge in [0.2, 0.25) is 5.91 Å². The maximum Gasteiger partial charge on any atom is 0.338 e. The Morgan fingerprint density at radius 1 is 1.34 bits per heavy atom. The Hall–Kier alpha value is -3.65. The summed E-state index contributed by atoms with van der Waals surface area (Å²) in [6, 6.07) is 7.33. The molecule has 0 radical (unpaired) electrons. The van der Waals surface area contributed by atoms with Gasteiger partial charge in [-0.1, -0.05) is 23.4 Å². The van der Waals surface area contributed by atoms with Crippen molar-refractivity contribution in [1.82, 2.24) is 15.2 Å². The quantitative estimate of drug-likeness (QED) is 0.192. The van der Waals surface area contributed by atoms with Crippen LogP contribution >= 0.6 is 23.1 Å². The average Bonchev–Trinajstić information content (AvgIpc) is 3.30. The third-order valence-electron chi connectivity index (χ3n) is 5.54. The predicted molar refractivity (Wildman–Crippen MR) is 127 cm³/mol. The summed E-state index contributed by atoms with van der Waals surface area (Å²) in [6.45, 7) is -0.554. The van der Waals surface area contributed by atoms with Crippen molar-refractivity contribution in [2.24, 2.45) is 10.6 Å². The van der Waals surface area contributed by atoms with E-state index in [0.717, 1.165) is 11.3 Å². The van der Waals surface area contributed by atoms with Gasteiger partial charge in [0, 0.05) is 17.7 Å². The highest BCUT2D eigenvalue weighted by Crippen LogP contribution is 2.42. The summed E-state index contributed by atoms with van der Waals surface area (Å²) in [5.74, 6) is -2.88. The molecule has 2 saturated heterocycles. The number of anilines is 1. The highest BCUT2D eigenvalue weighted by atomic mass is 32.2. The Morgan fingerprint density at radius 3 is 2.71 bits per heavy atom. The number of oxime groups is 1. The standard InChI is InChI=1S/C21H21N5O7S2/c1-32-25-13(12-7-34-20(22)23-12)15(27)24-14-16(28)26-8-21(19(30)31,10-35-17(14)26)9-33-18(29)11-5-3-2-4-6-11/h2-7,14,17H,8-10H2,1H3,(H2,22,23)(H,24,27)(H,30,31)/t14?,17-,21?/m1/s1. The first-order valence-electron chi connectivity index (χ1n) is 10.3. The van der Waals surface area contributed by atoms with E-state index in [0.29, 0.717) is 5.56 Å². The largest absolute Gasteiger partial charge is 0.481 e. The van der Waals surface area contributed by atoms with E-state index in [1.54, 1.807) is 30.3 Å². The van der Waals surface area contributed by atoms with Gasteiger partial charge in [-0.25, -0.2) is 9.78 Å². The second-order valence-electron chi connectivity index (χ2n) is 7.84. The average molecular weight is 520 g/mol. The van der Waals surface area contributed by atoms with Crippen molar-refractivity contribution >= 4 is 57.7 Å². The molecular weight excluding hydrogens is 498 g/mol. The number of esters is 1. The van der Waals surface area contributed by atoms with Crippen LogP contribution in [0.1, 0.15) is 16.1 Å². The lowest BCUT2D eigenvalue weighted by atomic mass is 9.88. The number of fused-ring (bicyclic) bond motifs is 1. The van der Waals surface area contributed by atoms with Gasteiger partial charge in [0.05, 0.1) is 5.56 Å². The summed E-state index contributed by atoms with van der Waals surface area (Å²) >= 11 is 2.31. The fourth-order valence-electron chi connectivity index (χ4n) is 3.67. The van der Waals surface area contributed by atoms with E-state index >= 15 is 0 Å². The van der Waals surface area contributed by atoms with E-state index in [1.165, 1.54) is 29.2 Å². The number of thiazole rings is 1. The molecule has 0 aliphatic carbocycles. The first kappa shape index (κ1) is 24.5. The van der Waals surface area contributed by atoms with Gasteiger partial charge < -0.3 is 30.6 Å². The first-order chi connectivity index (χ1) is 16.8. The maximum atomic E-state index is 12.8. The van der Waals surface area contributed by atoms with Crippen molar-refractivity contribution in [2.45, 2.75) is 11.4 Å². The molecule has 2 aromatic rings. The third kappa shape index (κ3) is 4.79. The summed E-state index contributed by atoms with van der Waals surface area (Å²) in [5, 5.41) is 17.5. The van der Waals surface area contributed by atoms with E-state index in [4.69, 9.17) is 15.3 Å². The van der Waals surface area contributed by atoms with Gasteiger partial charge in [-0.3, -0.25) is 14.4 Å². The lowest BCUT2D eigenvalue weighted by Gasteiger charge is -2.53. The Morgan fingerprint density at radius 2 is 2.09 bits per heavy atom. The van der Waals surface area contributed by atoms with Crippen LogP contribution in [0.2, 0.25) is 0 Å². The van der Waals surface area contributed by atoms with E-state index in [9.17, 15) is 24.3 Å². The van der Waals surface area contributed by atoms with Crippen molar-refractivity contribution in [2.75, 3.05) is 31.7 Å². The van der Waals surface area contributed by atoms with Crippen LogP contribution in [0.4, 0.5) is 5.13 Å². The number of carboxylic acids is 1. The molecule has 2 fully saturated rings. The normalized spacial score (nSPS) is 23.6. The van der Waals surface area contributed by atoms with Crippen LogP contribution in [0.15, 0.2) is 40.9 Å². The number of nitrogen functional groups attached to an aromatic ring is 1. The predicted octanol–water partition coefficient (Wildman–Crippen LogP) is 0.404. The Balaban J connectivity index is 1.41. The SMILES string of the molecule is CON=C(C(=O)NC1C(=O)N2CC(COC(=O)c3ccccc3)(C(=O)O)CS[C@H]12)c1csc(N)n1. The number of nitrogens with zero attached hydrogens (tertiary/aromatic N) is 3. The van der Waals surface area contributed by atoms with Crippen molar-refractivity contribution in [1.29, 1.82) is 0 Å². The van der Waals surface area contributed by atoms with Crippen LogP contribution in [-0.4, -0.2) is 81.9 Å². The van der Waals surface area contributed by atoms with Crippen LogP contribution in [0, 0.1) is 5.41 Å². The monoisotopic (exact) mass is 519 g/mol. The number of benzene rings is 1. The van der Waals surface area contributed by atoms with Crippen LogP contribution in [0.5, 0.6) is 0 Å². The number of hydrogen-bond acceptors (Lipinski definition) is 11. The molecule has 14 heteroatoms. The Labute approximate surface area is 207 Å². The van der Waals surface area contributed by atoms with Gasteiger partial charge in [0.1, 0.15) is 36.2 Å². The van der Waals surface area contributed by atoms with Crippen LogP contribution < -0.4 is 11.1 Å². The fourth-order valence-corrected chi connectivity index (χ4v) is 5.74. The minimum absolute atomic E-state index is 0.0762. The fraction of sp³-hybridized carbons (Fsp3) is 0.333. The maximum absolute atomic E-state index is 12.8. The van der Waals surface area contributed by atoms with Gasteiger partial charge in [-0.05, 0) is 12.1 Å². The van der Waals surface area contributed by atoms with Crippen LogP contribution in [-0.2, 0) is 24.0 Å². The summed E-state index contributed by atoms with van der Waals surface area (Å²) < 4.78 is 5.29. The summed E-state index contributed by atoms with van der Waals surface area (Å²) in [7, 11) is 1.27. The minimum atomic E-state index is -1.48. The number of ether oxygens (including phenoxy) is 1. The van der Waals surface area contributed by atoms with E-state index < -0.39 is 47.2 Å². The topological polar surface area (TPSA) is 174 Å². The van der Waals surface area contributed by atoms with E-state index in [-0.39, 0.29) is 28.8 Å². The highest BCUT2D eigenvalue weighted by molar-refractivity contribution is 8.00. The van der Waals surface area contributed by atoms with Crippen molar-refractivity contribution < 1.29 is 33.9 Å². The van der Waals surface area contributed by atoms with Crippen LogP contribution in [0.3, 0.4) is 0 Å². The second-order valence-corrected chi connectivity index (χ2v) is 9.83. The highest BCUT2D eigenvalue weighted by Gasteiger charge is 2.58. The lowest BCUT2D eigenvalue weighted by molar-refractivity contribution is -0.160. The van der Waals surface area contributed by atoms with Gasteiger partial charge in [-0.15, -0.1) is 23.1 Å². The Kier molecular flexibility index (Phi) is 6.93. The number of carboxylic acid groups (broad SMARTS) is 1. The van der Waals surface area contributed by atoms with Crippen molar-refractivity contribution in [3.63, 3.8) is 0 Å². The van der Waals surface area contributed by atoms with Gasteiger partial charge in [0.25, 0.3) is 5.91 Å². The molecular formula is C21H21N5O7S2. The molecule has 0 bridgehead atoms. The lowest BCUT2D eigenvalue weighted by Crippen LogP contribution is -2.74. The molecule has 35 heavy (non-hydrogen) atoms.